The molecule has 6 heteroatoms. The van der Waals surface area contributed by atoms with E-state index in [4.69, 9.17) is 9.47 Å². The molecule has 142 valence electrons. The highest BCUT2D eigenvalue weighted by molar-refractivity contribution is 14.1. The lowest BCUT2D eigenvalue weighted by molar-refractivity contribution is -0.140. The maximum atomic E-state index is 12.5. The number of carbonyl (C=O) groups excluding carboxylic acids is 2. The van der Waals surface area contributed by atoms with E-state index in [9.17, 15) is 9.59 Å². The van der Waals surface area contributed by atoms with Crippen molar-refractivity contribution >= 4 is 40.7 Å². The van der Waals surface area contributed by atoms with Gasteiger partial charge in [0.2, 0.25) is 0 Å². The summed E-state index contributed by atoms with van der Waals surface area (Å²) in [6.45, 7) is 5.37. The van der Waals surface area contributed by atoms with Crippen molar-refractivity contribution in [1.82, 2.24) is 5.32 Å². The number of amides is 1. The highest BCUT2D eigenvalue weighted by Gasteiger charge is 2.20. The summed E-state index contributed by atoms with van der Waals surface area (Å²) < 4.78 is 11.6. The number of rotatable bonds is 5. The van der Waals surface area contributed by atoms with Crippen LogP contribution in [-0.2, 0) is 20.9 Å². The third-order valence-electron chi connectivity index (χ3n) is 3.23. The molecule has 0 aliphatic carbocycles. The fraction of sp³-hybridized carbons (Fsp3) is 0.238. The van der Waals surface area contributed by atoms with E-state index in [1.54, 1.807) is 26.8 Å². The van der Waals surface area contributed by atoms with Gasteiger partial charge in [0.25, 0.3) is 0 Å². The molecule has 2 aromatic rings. The molecule has 0 atom stereocenters. The Hall–Kier alpha value is -2.35. The summed E-state index contributed by atoms with van der Waals surface area (Å²) in [5.41, 5.74) is 0.967. The Morgan fingerprint density at radius 2 is 1.78 bits per heavy atom. The number of ether oxygens (including phenoxy) is 2. The molecular formula is C21H22INO4. The van der Waals surface area contributed by atoms with Gasteiger partial charge >= 0.3 is 12.1 Å². The van der Waals surface area contributed by atoms with Crippen LogP contribution >= 0.6 is 22.6 Å². The zero-order valence-electron chi connectivity index (χ0n) is 15.5. The van der Waals surface area contributed by atoms with Crippen LogP contribution in [0.25, 0.3) is 6.08 Å². The molecule has 2 aromatic carbocycles. The second-order valence-corrected chi connectivity index (χ2v) is 8.05. The summed E-state index contributed by atoms with van der Waals surface area (Å²) in [7, 11) is 0. The number of hydrogen-bond acceptors (Lipinski definition) is 4. The molecule has 0 aromatic heterocycles. The van der Waals surface area contributed by atoms with Gasteiger partial charge in [-0.05, 0) is 72.7 Å². The first-order chi connectivity index (χ1) is 12.7. The highest BCUT2D eigenvalue weighted by Crippen LogP contribution is 2.13. The number of halogens is 1. The van der Waals surface area contributed by atoms with Crippen LogP contribution in [0.4, 0.5) is 4.79 Å². The zero-order valence-corrected chi connectivity index (χ0v) is 17.6. The van der Waals surface area contributed by atoms with Crippen molar-refractivity contribution in [2.24, 2.45) is 0 Å². The van der Waals surface area contributed by atoms with Crippen LogP contribution in [0, 0.1) is 3.57 Å². The molecule has 0 heterocycles. The van der Waals surface area contributed by atoms with Crippen molar-refractivity contribution in [1.29, 1.82) is 0 Å². The third-order valence-corrected chi connectivity index (χ3v) is 3.90. The average Bonchev–Trinajstić information content (AvgIpc) is 2.58. The number of esters is 1. The Morgan fingerprint density at radius 3 is 2.41 bits per heavy atom. The largest absolute Gasteiger partial charge is 0.456 e. The summed E-state index contributed by atoms with van der Waals surface area (Å²) in [6.07, 6.45) is 0.857. The van der Waals surface area contributed by atoms with E-state index in [2.05, 4.69) is 27.9 Å². The summed E-state index contributed by atoms with van der Waals surface area (Å²) >= 11 is 2.18. The van der Waals surface area contributed by atoms with Crippen LogP contribution in [0.1, 0.15) is 31.9 Å². The van der Waals surface area contributed by atoms with Crippen molar-refractivity contribution in [3.63, 3.8) is 0 Å². The Bertz CT molecular complexity index is 826. The summed E-state index contributed by atoms with van der Waals surface area (Å²) in [6, 6.07) is 16.9. The number of hydrogen-bond donors (Lipinski definition) is 1. The van der Waals surface area contributed by atoms with E-state index < -0.39 is 17.7 Å². The Balaban J connectivity index is 2.17. The molecule has 0 aliphatic rings. The normalized spacial score (nSPS) is 11.6. The topological polar surface area (TPSA) is 64.6 Å². The van der Waals surface area contributed by atoms with Crippen molar-refractivity contribution in [2.45, 2.75) is 33.0 Å². The van der Waals surface area contributed by atoms with Gasteiger partial charge in [0.05, 0.1) is 0 Å². The number of nitrogens with one attached hydrogen (secondary N) is 1. The molecular weight excluding hydrogens is 457 g/mol. The number of carbonyl (C=O) groups is 2. The first-order valence-corrected chi connectivity index (χ1v) is 9.49. The van der Waals surface area contributed by atoms with E-state index in [1.807, 2.05) is 54.6 Å². The second kappa shape index (κ2) is 9.55. The maximum absolute atomic E-state index is 12.5. The monoisotopic (exact) mass is 479 g/mol. The Morgan fingerprint density at radius 1 is 1.07 bits per heavy atom. The minimum atomic E-state index is -0.712. The van der Waals surface area contributed by atoms with Crippen LogP contribution in [0.3, 0.4) is 0 Å². The van der Waals surface area contributed by atoms with Gasteiger partial charge in [-0.1, -0.05) is 42.5 Å². The molecule has 1 N–H and O–H groups in total. The van der Waals surface area contributed by atoms with E-state index in [0.29, 0.717) is 0 Å². The van der Waals surface area contributed by atoms with Gasteiger partial charge < -0.3 is 9.47 Å². The lowest BCUT2D eigenvalue weighted by atomic mass is 10.2. The van der Waals surface area contributed by atoms with Gasteiger partial charge in [-0.25, -0.2) is 9.59 Å². The van der Waals surface area contributed by atoms with Gasteiger partial charge in [0, 0.05) is 3.57 Å². The number of alkyl carbamates (subject to hydrolysis) is 1. The van der Waals surface area contributed by atoms with Gasteiger partial charge in [-0.3, -0.25) is 5.32 Å². The molecule has 0 fully saturated rings. The fourth-order valence-electron chi connectivity index (χ4n) is 2.12. The number of benzene rings is 2. The van der Waals surface area contributed by atoms with Crippen molar-refractivity contribution in [3.05, 3.63) is 75.0 Å². The first-order valence-electron chi connectivity index (χ1n) is 8.41. The average molecular weight is 479 g/mol. The van der Waals surface area contributed by atoms with Gasteiger partial charge in [0.1, 0.15) is 17.9 Å². The molecule has 5 nitrogen and oxygen atoms in total. The molecule has 27 heavy (non-hydrogen) atoms. The summed E-state index contributed by atoms with van der Waals surface area (Å²) in [4.78, 5) is 24.7. The van der Waals surface area contributed by atoms with Crippen molar-refractivity contribution in [2.75, 3.05) is 0 Å². The Labute approximate surface area is 172 Å². The zero-order chi connectivity index (χ0) is 19.9. The van der Waals surface area contributed by atoms with Crippen LogP contribution < -0.4 is 5.32 Å². The fourth-order valence-corrected chi connectivity index (χ4v) is 2.69. The van der Waals surface area contributed by atoms with E-state index in [-0.39, 0.29) is 12.3 Å². The van der Waals surface area contributed by atoms with Crippen LogP contribution in [0.2, 0.25) is 0 Å². The van der Waals surface area contributed by atoms with Gasteiger partial charge in [0.15, 0.2) is 0 Å². The van der Waals surface area contributed by atoms with Gasteiger partial charge in [-0.15, -0.1) is 0 Å². The SMILES string of the molecule is CC(C)(C)OC(=O)N/C(=C\c1cccc(I)c1)C(=O)OCc1ccccc1. The summed E-state index contributed by atoms with van der Waals surface area (Å²) in [5, 5.41) is 2.50. The molecule has 0 aliphatic heterocycles. The molecule has 0 bridgehead atoms. The molecule has 1 amide bonds. The summed E-state index contributed by atoms with van der Waals surface area (Å²) in [5.74, 6) is -0.636. The molecule has 0 saturated heterocycles. The highest BCUT2D eigenvalue weighted by atomic mass is 127. The maximum Gasteiger partial charge on any atom is 0.412 e. The predicted molar refractivity (Wildman–Crippen MR) is 113 cm³/mol. The lowest BCUT2D eigenvalue weighted by Crippen LogP contribution is -2.34. The molecule has 0 saturated carbocycles. The van der Waals surface area contributed by atoms with E-state index in [0.717, 1.165) is 14.7 Å². The van der Waals surface area contributed by atoms with Crippen molar-refractivity contribution < 1.29 is 19.1 Å². The molecule has 0 radical (unpaired) electrons. The minimum absolute atomic E-state index is 0.0159. The molecule has 0 spiro atoms. The van der Waals surface area contributed by atoms with E-state index >= 15 is 0 Å². The first kappa shape index (κ1) is 21.0. The lowest BCUT2D eigenvalue weighted by Gasteiger charge is -2.20. The van der Waals surface area contributed by atoms with Crippen LogP contribution in [-0.4, -0.2) is 17.7 Å². The van der Waals surface area contributed by atoms with Gasteiger partial charge in [-0.2, -0.15) is 0 Å². The molecule has 0 unspecified atom stereocenters. The third kappa shape index (κ3) is 7.82. The Kier molecular flexibility index (Phi) is 7.41. The predicted octanol–water partition coefficient (Wildman–Crippen LogP) is 4.90. The quantitative estimate of drug-likeness (QED) is 0.377. The van der Waals surface area contributed by atoms with Crippen molar-refractivity contribution in [3.8, 4) is 0 Å². The minimum Gasteiger partial charge on any atom is -0.456 e. The second-order valence-electron chi connectivity index (χ2n) is 6.80. The smallest absolute Gasteiger partial charge is 0.412 e. The van der Waals surface area contributed by atoms with Crippen LogP contribution in [0.15, 0.2) is 60.3 Å². The standard InChI is InChI=1S/C21H22INO4/c1-21(2,3)27-20(25)23-18(13-16-10-7-11-17(22)12-16)19(24)26-14-15-8-5-4-6-9-15/h4-13H,14H2,1-3H3,(H,23,25)/b18-13-. The van der Waals surface area contributed by atoms with E-state index in [1.165, 1.54) is 0 Å². The van der Waals surface area contributed by atoms with Crippen LogP contribution in [0.5, 0.6) is 0 Å². The molecule has 2 rings (SSSR count).